The molecule has 11 heteroatoms. The van der Waals surface area contributed by atoms with Gasteiger partial charge in [-0.05, 0) is 38.0 Å². The molecule has 3 rings (SSSR count). The fourth-order valence-electron chi connectivity index (χ4n) is 4.04. The minimum atomic E-state index is -1.45. The van der Waals surface area contributed by atoms with Crippen LogP contribution in [-0.4, -0.2) is 65.9 Å². The highest BCUT2D eigenvalue weighted by Gasteiger charge is 2.43. The van der Waals surface area contributed by atoms with E-state index in [-0.39, 0.29) is 18.9 Å². The van der Waals surface area contributed by atoms with Gasteiger partial charge >= 0.3 is 12.1 Å². The second-order valence-electron chi connectivity index (χ2n) is 10.1. The molecule has 0 aliphatic carbocycles. The molecule has 1 aliphatic rings. The van der Waals surface area contributed by atoms with Crippen LogP contribution < -0.4 is 16.0 Å². The van der Waals surface area contributed by atoms with Gasteiger partial charge in [0.25, 0.3) is 5.91 Å². The van der Waals surface area contributed by atoms with E-state index in [0.717, 1.165) is 0 Å². The number of carbonyl (C=O) groups is 4. The topological polar surface area (TPSA) is 152 Å². The van der Waals surface area contributed by atoms with E-state index in [0.29, 0.717) is 11.1 Å². The van der Waals surface area contributed by atoms with E-state index in [4.69, 9.17) is 14.2 Å². The first-order valence-corrected chi connectivity index (χ1v) is 12.8. The van der Waals surface area contributed by atoms with Crippen LogP contribution in [0.25, 0.3) is 0 Å². The van der Waals surface area contributed by atoms with Crippen molar-refractivity contribution in [1.82, 2.24) is 16.0 Å². The zero-order valence-corrected chi connectivity index (χ0v) is 22.9. The molecule has 0 bridgehead atoms. The summed E-state index contributed by atoms with van der Waals surface area (Å²) in [6.07, 6.45) is -1.81. The Hall–Kier alpha value is -4.38. The van der Waals surface area contributed by atoms with Gasteiger partial charge in [-0.1, -0.05) is 60.7 Å². The third kappa shape index (κ3) is 8.57. The minimum Gasteiger partial charge on any atom is -0.471 e. The van der Waals surface area contributed by atoms with Crippen LogP contribution in [-0.2, 0) is 28.6 Å². The molecule has 214 valence electrons. The fourth-order valence-corrected chi connectivity index (χ4v) is 4.04. The highest BCUT2D eigenvalue weighted by Crippen LogP contribution is 2.29. The Morgan fingerprint density at radius 3 is 2.02 bits per heavy atom. The normalized spacial score (nSPS) is 18.6. The first kappa shape index (κ1) is 30.2. The predicted octanol–water partition coefficient (Wildman–Crippen LogP) is 2.11. The molecule has 1 aliphatic heterocycles. The SMILES string of the molecule is CC(=O)N[C@@H]1[C@@H](NC(=O)OC(C)(C)C)C=C(C(=O)OC(c2ccccc2)c2ccccc2)O[C@H]1C(=O)NCCO. The molecular formula is C29H35N3O8. The number of nitrogens with one attached hydrogen (secondary N) is 3. The summed E-state index contributed by atoms with van der Waals surface area (Å²) in [5.74, 6) is -2.46. The molecule has 0 fully saturated rings. The molecule has 0 radical (unpaired) electrons. The van der Waals surface area contributed by atoms with Gasteiger partial charge in [-0.15, -0.1) is 0 Å². The molecule has 3 atom stereocenters. The van der Waals surface area contributed by atoms with Gasteiger partial charge in [-0.2, -0.15) is 0 Å². The zero-order valence-electron chi connectivity index (χ0n) is 22.9. The smallest absolute Gasteiger partial charge is 0.408 e. The second kappa shape index (κ2) is 13.6. The van der Waals surface area contributed by atoms with E-state index in [2.05, 4.69) is 16.0 Å². The standard InChI is InChI=1S/C29H35N3O8/c1-18(34)31-23-21(32-28(37)40-29(2,3)4)17-22(38-25(23)26(35)30-15-16-33)27(36)39-24(19-11-7-5-8-12-19)20-13-9-6-10-14-20/h5-14,17,21,23-25,33H,15-16H2,1-4H3,(H,30,35)(H,31,34)(H,32,37)/t21-,23+,25+/m0/s1. The van der Waals surface area contributed by atoms with Crippen LogP contribution in [0.15, 0.2) is 72.5 Å². The number of ether oxygens (including phenoxy) is 3. The van der Waals surface area contributed by atoms with E-state index in [1.54, 1.807) is 20.8 Å². The number of benzene rings is 2. The Balaban J connectivity index is 1.98. The molecule has 0 spiro atoms. The van der Waals surface area contributed by atoms with Gasteiger partial charge in [0, 0.05) is 13.5 Å². The average Bonchev–Trinajstić information content (AvgIpc) is 2.90. The Kier molecular flexibility index (Phi) is 10.3. The summed E-state index contributed by atoms with van der Waals surface area (Å²) in [6.45, 7) is 5.84. The molecule has 2 aromatic carbocycles. The number of hydrogen-bond acceptors (Lipinski definition) is 8. The van der Waals surface area contributed by atoms with Crippen molar-refractivity contribution >= 4 is 23.9 Å². The fraction of sp³-hybridized carbons (Fsp3) is 0.379. The molecule has 3 amide bonds. The van der Waals surface area contributed by atoms with Crippen LogP contribution in [0.3, 0.4) is 0 Å². The van der Waals surface area contributed by atoms with Crippen LogP contribution in [0.1, 0.15) is 44.9 Å². The maximum Gasteiger partial charge on any atom is 0.408 e. The van der Waals surface area contributed by atoms with E-state index in [9.17, 15) is 24.3 Å². The van der Waals surface area contributed by atoms with E-state index in [1.165, 1.54) is 13.0 Å². The Labute approximate surface area is 232 Å². The number of hydrogen-bond donors (Lipinski definition) is 4. The first-order chi connectivity index (χ1) is 19.0. The van der Waals surface area contributed by atoms with Crippen molar-refractivity contribution in [1.29, 1.82) is 0 Å². The molecule has 4 N–H and O–H groups in total. The van der Waals surface area contributed by atoms with Gasteiger partial charge in [-0.3, -0.25) is 9.59 Å². The maximum absolute atomic E-state index is 13.5. The van der Waals surface area contributed by atoms with Gasteiger partial charge in [0.05, 0.1) is 18.7 Å². The third-order valence-electron chi connectivity index (χ3n) is 5.65. The molecule has 11 nitrogen and oxygen atoms in total. The van der Waals surface area contributed by atoms with Gasteiger partial charge in [-0.25, -0.2) is 9.59 Å². The summed E-state index contributed by atoms with van der Waals surface area (Å²) in [5, 5.41) is 16.9. The lowest BCUT2D eigenvalue weighted by Gasteiger charge is -2.37. The summed E-state index contributed by atoms with van der Waals surface area (Å²) in [5.41, 5.74) is 0.575. The summed E-state index contributed by atoms with van der Waals surface area (Å²) >= 11 is 0. The molecule has 0 saturated heterocycles. The first-order valence-electron chi connectivity index (χ1n) is 12.8. The van der Waals surface area contributed by atoms with E-state index >= 15 is 0 Å². The minimum absolute atomic E-state index is 0.0940. The highest BCUT2D eigenvalue weighted by atomic mass is 16.6. The monoisotopic (exact) mass is 553 g/mol. The van der Waals surface area contributed by atoms with Gasteiger partial charge in [0.15, 0.2) is 12.2 Å². The molecule has 0 aromatic heterocycles. The largest absolute Gasteiger partial charge is 0.471 e. The zero-order chi connectivity index (χ0) is 29.3. The number of amides is 3. The maximum atomic E-state index is 13.5. The summed E-state index contributed by atoms with van der Waals surface area (Å²) in [6, 6.07) is 16.0. The van der Waals surface area contributed by atoms with Crippen LogP contribution in [0.2, 0.25) is 0 Å². The lowest BCUT2D eigenvalue weighted by Crippen LogP contribution is -2.63. The van der Waals surface area contributed by atoms with Crippen molar-refractivity contribution in [3.05, 3.63) is 83.6 Å². The van der Waals surface area contributed by atoms with Crippen molar-refractivity contribution in [2.45, 2.75) is 57.6 Å². The lowest BCUT2D eigenvalue weighted by atomic mass is 9.97. The average molecular weight is 554 g/mol. The molecular weight excluding hydrogens is 518 g/mol. The second-order valence-corrected chi connectivity index (χ2v) is 10.1. The van der Waals surface area contributed by atoms with Crippen molar-refractivity contribution in [3.63, 3.8) is 0 Å². The van der Waals surface area contributed by atoms with Crippen molar-refractivity contribution in [2.24, 2.45) is 0 Å². The van der Waals surface area contributed by atoms with Crippen molar-refractivity contribution in [2.75, 3.05) is 13.2 Å². The van der Waals surface area contributed by atoms with Crippen LogP contribution >= 0.6 is 0 Å². The lowest BCUT2D eigenvalue weighted by molar-refractivity contribution is -0.151. The Bertz CT molecular complexity index is 1170. The van der Waals surface area contributed by atoms with Gasteiger partial charge in [0.1, 0.15) is 5.60 Å². The van der Waals surface area contributed by atoms with Gasteiger partial charge in [0.2, 0.25) is 11.7 Å². The molecule has 0 saturated carbocycles. The third-order valence-corrected chi connectivity index (χ3v) is 5.65. The Morgan fingerprint density at radius 1 is 0.950 bits per heavy atom. The summed E-state index contributed by atoms with van der Waals surface area (Å²) < 4.78 is 17.0. The summed E-state index contributed by atoms with van der Waals surface area (Å²) in [4.78, 5) is 51.2. The van der Waals surface area contributed by atoms with Crippen molar-refractivity contribution < 1.29 is 38.5 Å². The highest BCUT2D eigenvalue weighted by molar-refractivity contribution is 5.90. The number of alkyl carbamates (subject to hydrolysis) is 1. The predicted molar refractivity (Wildman–Crippen MR) is 145 cm³/mol. The number of aliphatic hydroxyl groups excluding tert-OH is 1. The molecule has 2 aromatic rings. The van der Waals surface area contributed by atoms with Gasteiger partial charge < -0.3 is 35.3 Å². The quantitative estimate of drug-likeness (QED) is 0.345. The van der Waals surface area contributed by atoms with Crippen LogP contribution in [0, 0.1) is 0 Å². The number of aliphatic hydroxyl groups is 1. The van der Waals surface area contributed by atoms with Crippen LogP contribution in [0.4, 0.5) is 4.79 Å². The molecule has 0 unspecified atom stereocenters. The molecule has 40 heavy (non-hydrogen) atoms. The van der Waals surface area contributed by atoms with Crippen LogP contribution in [0.5, 0.6) is 0 Å². The van der Waals surface area contributed by atoms with E-state index in [1.807, 2.05) is 60.7 Å². The summed E-state index contributed by atoms with van der Waals surface area (Å²) in [7, 11) is 0. The number of carbonyl (C=O) groups excluding carboxylic acids is 4. The molecule has 1 heterocycles. The Morgan fingerprint density at radius 2 is 1.52 bits per heavy atom. The number of esters is 1. The van der Waals surface area contributed by atoms with E-state index < -0.39 is 53.8 Å². The van der Waals surface area contributed by atoms with Crippen molar-refractivity contribution in [3.8, 4) is 0 Å². The number of rotatable bonds is 9.